The average Bonchev–Trinajstić information content (AvgIpc) is 3.11. The number of anilines is 1. The molecule has 98 valence electrons. The zero-order valence-corrected chi connectivity index (χ0v) is 10.8. The monoisotopic (exact) mass is 249 g/mol. The molecule has 2 aliphatic rings. The van der Waals surface area contributed by atoms with Crippen LogP contribution < -0.4 is 10.9 Å². The van der Waals surface area contributed by atoms with Gasteiger partial charge in [-0.25, -0.2) is 4.98 Å². The first-order valence-electron chi connectivity index (χ1n) is 6.57. The summed E-state index contributed by atoms with van der Waals surface area (Å²) in [5.74, 6) is 0.448. The van der Waals surface area contributed by atoms with Gasteiger partial charge in [-0.05, 0) is 33.1 Å². The van der Waals surface area contributed by atoms with Crippen molar-refractivity contribution in [3.8, 4) is 0 Å². The number of hydrogen-bond acceptors (Lipinski definition) is 4. The van der Waals surface area contributed by atoms with E-state index in [2.05, 4.69) is 17.2 Å². The van der Waals surface area contributed by atoms with Crippen LogP contribution >= 0.6 is 0 Å². The van der Waals surface area contributed by atoms with Crippen molar-refractivity contribution >= 4 is 5.82 Å². The van der Waals surface area contributed by atoms with E-state index in [1.807, 2.05) is 6.92 Å². The molecular weight excluding hydrogens is 230 g/mol. The van der Waals surface area contributed by atoms with E-state index in [1.54, 1.807) is 17.0 Å². The second-order valence-electron chi connectivity index (χ2n) is 5.52. The summed E-state index contributed by atoms with van der Waals surface area (Å²) in [5.41, 5.74) is -0.213. The number of nitrogens with zero attached hydrogens (tertiary/aromatic N) is 2. The van der Waals surface area contributed by atoms with E-state index >= 15 is 0 Å². The molecule has 2 fully saturated rings. The molecular formula is C13H19N3O2. The lowest BCUT2D eigenvalue weighted by molar-refractivity contribution is 0.105. The Morgan fingerprint density at radius 2 is 2.33 bits per heavy atom. The van der Waals surface area contributed by atoms with Crippen LogP contribution in [-0.4, -0.2) is 27.8 Å². The molecule has 5 heteroatoms. The van der Waals surface area contributed by atoms with E-state index in [-0.39, 0.29) is 17.2 Å². The first-order valence-corrected chi connectivity index (χ1v) is 6.57. The lowest BCUT2D eigenvalue weighted by atomic mass is 9.95. The Bertz CT molecular complexity index is 509. The Morgan fingerprint density at radius 1 is 1.56 bits per heavy atom. The van der Waals surface area contributed by atoms with Crippen LogP contribution in [0, 0.1) is 0 Å². The predicted octanol–water partition coefficient (Wildman–Crippen LogP) is 1.56. The van der Waals surface area contributed by atoms with Gasteiger partial charge in [0.1, 0.15) is 0 Å². The Labute approximate surface area is 106 Å². The second kappa shape index (κ2) is 4.09. The molecule has 1 aromatic rings. The molecule has 0 spiro atoms. The molecule has 2 heterocycles. The van der Waals surface area contributed by atoms with Crippen molar-refractivity contribution in [2.75, 3.05) is 11.9 Å². The van der Waals surface area contributed by atoms with Gasteiger partial charge in [0.25, 0.3) is 5.56 Å². The van der Waals surface area contributed by atoms with Crippen molar-refractivity contribution < 1.29 is 4.74 Å². The number of nitrogens with one attached hydrogen (secondary N) is 1. The fourth-order valence-electron chi connectivity index (χ4n) is 2.42. The quantitative estimate of drug-likeness (QED) is 0.883. The summed E-state index contributed by atoms with van der Waals surface area (Å²) >= 11 is 0. The average molecular weight is 249 g/mol. The molecule has 1 saturated carbocycles. The summed E-state index contributed by atoms with van der Waals surface area (Å²) in [6, 6.07) is 0.381. The van der Waals surface area contributed by atoms with Gasteiger partial charge >= 0.3 is 0 Å². The van der Waals surface area contributed by atoms with Gasteiger partial charge in [-0.1, -0.05) is 0 Å². The van der Waals surface area contributed by atoms with Gasteiger partial charge in [-0.2, -0.15) is 0 Å². The largest absolute Gasteiger partial charge is 0.376 e. The zero-order valence-electron chi connectivity index (χ0n) is 10.8. The Morgan fingerprint density at radius 3 is 2.94 bits per heavy atom. The second-order valence-corrected chi connectivity index (χ2v) is 5.52. The summed E-state index contributed by atoms with van der Waals surface area (Å²) < 4.78 is 7.36. The topological polar surface area (TPSA) is 56.1 Å². The molecule has 0 radical (unpaired) electrons. The van der Waals surface area contributed by atoms with Crippen LogP contribution in [0.2, 0.25) is 0 Å². The maximum Gasteiger partial charge on any atom is 0.293 e. The van der Waals surface area contributed by atoms with Crippen LogP contribution in [-0.2, 0) is 4.74 Å². The first-order chi connectivity index (χ1) is 8.60. The zero-order chi connectivity index (χ0) is 12.8. The first kappa shape index (κ1) is 11.7. The molecule has 1 N–H and O–H groups in total. The molecule has 1 aromatic heterocycles. The SMILES string of the molecule is CC1OCCC1(C)Nc1nccn(C2CC2)c1=O. The van der Waals surface area contributed by atoms with Gasteiger partial charge in [0.05, 0.1) is 11.6 Å². The summed E-state index contributed by atoms with van der Waals surface area (Å²) in [6.07, 6.45) is 6.66. The Balaban J connectivity index is 1.88. The molecule has 5 nitrogen and oxygen atoms in total. The van der Waals surface area contributed by atoms with E-state index in [0.29, 0.717) is 11.9 Å². The number of ether oxygens (including phenoxy) is 1. The van der Waals surface area contributed by atoms with Crippen LogP contribution in [0.25, 0.3) is 0 Å². The highest BCUT2D eigenvalue weighted by atomic mass is 16.5. The molecule has 1 saturated heterocycles. The van der Waals surface area contributed by atoms with Gasteiger partial charge in [0, 0.05) is 25.0 Å². The maximum absolute atomic E-state index is 12.3. The van der Waals surface area contributed by atoms with Gasteiger partial charge in [-0.15, -0.1) is 0 Å². The van der Waals surface area contributed by atoms with Crippen molar-refractivity contribution in [1.29, 1.82) is 0 Å². The highest BCUT2D eigenvalue weighted by molar-refractivity contribution is 5.36. The molecule has 2 atom stereocenters. The minimum absolute atomic E-state index is 0.0136. The number of hydrogen-bond donors (Lipinski definition) is 1. The van der Waals surface area contributed by atoms with Gasteiger partial charge in [0.2, 0.25) is 0 Å². The lowest BCUT2D eigenvalue weighted by Crippen LogP contribution is -2.43. The van der Waals surface area contributed by atoms with Crippen molar-refractivity contribution in [2.24, 2.45) is 0 Å². The molecule has 2 unspecified atom stereocenters. The Hall–Kier alpha value is -1.36. The van der Waals surface area contributed by atoms with E-state index < -0.39 is 0 Å². The third kappa shape index (κ3) is 1.92. The maximum atomic E-state index is 12.3. The van der Waals surface area contributed by atoms with Crippen LogP contribution in [0.3, 0.4) is 0 Å². The van der Waals surface area contributed by atoms with E-state index in [4.69, 9.17) is 4.74 Å². The molecule has 0 aromatic carbocycles. The fourth-order valence-corrected chi connectivity index (χ4v) is 2.42. The smallest absolute Gasteiger partial charge is 0.293 e. The number of rotatable bonds is 3. The van der Waals surface area contributed by atoms with Gasteiger partial charge < -0.3 is 14.6 Å². The van der Waals surface area contributed by atoms with Crippen LogP contribution in [0.4, 0.5) is 5.82 Å². The van der Waals surface area contributed by atoms with E-state index in [9.17, 15) is 4.79 Å². The predicted molar refractivity (Wildman–Crippen MR) is 68.8 cm³/mol. The van der Waals surface area contributed by atoms with Crippen LogP contribution in [0.1, 0.15) is 39.2 Å². The third-order valence-electron chi connectivity index (χ3n) is 4.10. The normalized spacial score (nSPS) is 31.6. The molecule has 3 rings (SSSR count). The summed E-state index contributed by atoms with van der Waals surface area (Å²) in [5, 5.41) is 3.29. The molecule has 0 bridgehead atoms. The molecule has 0 amide bonds. The van der Waals surface area contributed by atoms with Crippen molar-refractivity contribution in [3.05, 3.63) is 22.7 Å². The van der Waals surface area contributed by atoms with Gasteiger partial charge in [-0.3, -0.25) is 4.79 Å². The minimum atomic E-state index is -0.200. The highest BCUT2D eigenvalue weighted by Gasteiger charge is 2.38. The summed E-state index contributed by atoms with van der Waals surface area (Å²) in [7, 11) is 0. The summed E-state index contributed by atoms with van der Waals surface area (Å²) in [6.45, 7) is 4.84. The van der Waals surface area contributed by atoms with Crippen molar-refractivity contribution in [2.45, 2.75) is 50.8 Å². The third-order valence-corrected chi connectivity index (χ3v) is 4.10. The van der Waals surface area contributed by atoms with E-state index in [0.717, 1.165) is 25.9 Å². The Kier molecular flexibility index (Phi) is 2.66. The summed E-state index contributed by atoms with van der Waals surface area (Å²) in [4.78, 5) is 16.5. The van der Waals surface area contributed by atoms with E-state index in [1.165, 1.54) is 0 Å². The molecule has 1 aliphatic heterocycles. The standard InChI is InChI=1S/C13H19N3O2/c1-9-13(2,5-8-18-9)15-11-12(17)16(7-6-14-11)10-3-4-10/h6-7,9-10H,3-5,8H2,1-2H3,(H,14,15). The minimum Gasteiger partial charge on any atom is -0.376 e. The van der Waals surface area contributed by atoms with Crippen molar-refractivity contribution in [1.82, 2.24) is 9.55 Å². The number of aromatic nitrogens is 2. The van der Waals surface area contributed by atoms with Crippen molar-refractivity contribution in [3.63, 3.8) is 0 Å². The molecule has 1 aliphatic carbocycles. The highest BCUT2D eigenvalue weighted by Crippen LogP contribution is 2.33. The fraction of sp³-hybridized carbons (Fsp3) is 0.692. The van der Waals surface area contributed by atoms with Crippen LogP contribution in [0.15, 0.2) is 17.2 Å². The van der Waals surface area contributed by atoms with Crippen LogP contribution in [0.5, 0.6) is 0 Å². The molecule has 18 heavy (non-hydrogen) atoms. The lowest BCUT2D eigenvalue weighted by Gasteiger charge is -2.29. The van der Waals surface area contributed by atoms with Gasteiger partial charge in [0.15, 0.2) is 5.82 Å².